The average molecular weight is 315 g/mol. The highest BCUT2D eigenvalue weighted by atomic mass is 16.5. The molecule has 0 N–H and O–H groups in total. The zero-order chi connectivity index (χ0) is 16.3. The van der Waals surface area contributed by atoms with Gasteiger partial charge in [0.25, 0.3) is 0 Å². The van der Waals surface area contributed by atoms with Crippen LogP contribution in [0.15, 0.2) is 30.3 Å². The van der Waals surface area contributed by atoms with Crippen molar-refractivity contribution in [3.63, 3.8) is 0 Å². The van der Waals surface area contributed by atoms with Crippen molar-refractivity contribution in [3.05, 3.63) is 35.9 Å². The average Bonchev–Trinajstić information content (AvgIpc) is 2.97. The minimum Gasteiger partial charge on any atom is -0.459 e. The molecular weight excluding hydrogens is 294 g/mol. The Bertz CT molecular complexity index is 585. The number of hydrogen-bond acceptors (Lipinski definition) is 4. The summed E-state index contributed by atoms with van der Waals surface area (Å²) in [6, 6.07) is 9.32. The topological polar surface area (TPSA) is 63.7 Å². The molecule has 5 heteroatoms. The van der Waals surface area contributed by atoms with Crippen LogP contribution in [0.1, 0.15) is 44.1 Å². The van der Waals surface area contributed by atoms with E-state index in [9.17, 15) is 14.4 Å². The van der Waals surface area contributed by atoms with E-state index in [1.807, 2.05) is 30.3 Å². The third kappa shape index (κ3) is 3.60. The van der Waals surface area contributed by atoms with Crippen molar-refractivity contribution < 1.29 is 19.1 Å². The number of amides is 2. The number of esters is 1. The summed E-state index contributed by atoms with van der Waals surface area (Å²) in [5.74, 6) is -1.02. The maximum Gasteiger partial charge on any atom is 0.326 e. The molecule has 1 aromatic carbocycles. The van der Waals surface area contributed by atoms with Crippen LogP contribution in [0.5, 0.6) is 0 Å². The first-order chi connectivity index (χ1) is 11.1. The molecule has 2 amide bonds. The van der Waals surface area contributed by atoms with Crippen molar-refractivity contribution in [3.8, 4) is 0 Å². The van der Waals surface area contributed by atoms with Crippen LogP contribution < -0.4 is 0 Å². The molecule has 1 aliphatic heterocycles. The molecule has 0 radical (unpaired) electrons. The van der Waals surface area contributed by atoms with Crippen molar-refractivity contribution in [1.29, 1.82) is 0 Å². The Kier molecular flexibility index (Phi) is 4.46. The van der Waals surface area contributed by atoms with Crippen LogP contribution in [-0.2, 0) is 25.7 Å². The lowest BCUT2D eigenvalue weighted by atomic mass is 9.76. The summed E-state index contributed by atoms with van der Waals surface area (Å²) in [6.07, 6.45) is 4.81. The summed E-state index contributed by atoms with van der Waals surface area (Å²) in [7, 11) is 0. The maximum absolute atomic E-state index is 12.3. The van der Waals surface area contributed by atoms with Gasteiger partial charge in [-0.25, -0.2) is 0 Å². The minimum atomic E-state index is -0.544. The van der Waals surface area contributed by atoms with E-state index in [-0.39, 0.29) is 30.4 Å². The predicted molar refractivity (Wildman–Crippen MR) is 83.1 cm³/mol. The van der Waals surface area contributed by atoms with Crippen molar-refractivity contribution in [2.45, 2.75) is 45.1 Å². The summed E-state index contributed by atoms with van der Waals surface area (Å²) >= 11 is 0. The number of carbonyl (C=O) groups is 3. The van der Waals surface area contributed by atoms with Crippen molar-refractivity contribution in [2.75, 3.05) is 6.54 Å². The van der Waals surface area contributed by atoms with Gasteiger partial charge in [0, 0.05) is 12.8 Å². The SMILES string of the molecule is O=C(CN1C(=O)CC2(CCCC2)CC1=O)OCc1ccccc1. The van der Waals surface area contributed by atoms with Crippen LogP contribution in [0.3, 0.4) is 0 Å². The van der Waals surface area contributed by atoms with Crippen LogP contribution >= 0.6 is 0 Å². The Balaban J connectivity index is 1.54. The smallest absolute Gasteiger partial charge is 0.326 e. The normalized spacial score (nSPS) is 20.1. The molecule has 1 aromatic rings. The summed E-state index contributed by atoms with van der Waals surface area (Å²) in [6.45, 7) is -0.125. The molecule has 0 unspecified atom stereocenters. The summed E-state index contributed by atoms with van der Waals surface area (Å²) in [5, 5.41) is 0. The van der Waals surface area contributed by atoms with E-state index in [0.717, 1.165) is 36.1 Å². The molecule has 1 saturated carbocycles. The van der Waals surface area contributed by atoms with E-state index in [0.29, 0.717) is 12.8 Å². The van der Waals surface area contributed by atoms with Crippen molar-refractivity contribution >= 4 is 17.8 Å². The van der Waals surface area contributed by atoms with E-state index in [2.05, 4.69) is 0 Å². The molecule has 5 nitrogen and oxygen atoms in total. The maximum atomic E-state index is 12.3. The number of likely N-dealkylation sites (tertiary alicyclic amines) is 1. The lowest BCUT2D eigenvalue weighted by Crippen LogP contribution is -2.49. The number of ether oxygens (including phenoxy) is 1. The second-order valence-electron chi connectivity index (χ2n) is 6.58. The molecule has 23 heavy (non-hydrogen) atoms. The molecule has 1 aliphatic carbocycles. The largest absolute Gasteiger partial charge is 0.459 e. The van der Waals surface area contributed by atoms with Gasteiger partial charge in [-0.15, -0.1) is 0 Å². The van der Waals surface area contributed by atoms with E-state index in [1.54, 1.807) is 0 Å². The molecule has 0 aromatic heterocycles. The Morgan fingerprint density at radius 1 is 1.04 bits per heavy atom. The van der Waals surface area contributed by atoms with Gasteiger partial charge in [0.1, 0.15) is 13.2 Å². The van der Waals surface area contributed by atoms with Gasteiger partial charge in [-0.1, -0.05) is 43.2 Å². The van der Waals surface area contributed by atoms with Gasteiger partial charge >= 0.3 is 5.97 Å². The number of rotatable bonds is 4. The van der Waals surface area contributed by atoms with E-state index in [4.69, 9.17) is 4.74 Å². The van der Waals surface area contributed by atoms with Crippen molar-refractivity contribution in [1.82, 2.24) is 4.90 Å². The number of carbonyl (C=O) groups excluding carboxylic acids is 3. The molecule has 122 valence electrons. The Labute approximate surface area is 135 Å². The summed E-state index contributed by atoms with van der Waals surface area (Å²) < 4.78 is 5.16. The van der Waals surface area contributed by atoms with Crippen LogP contribution in [0.4, 0.5) is 0 Å². The molecule has 2 aliphatic rings. The molecule has 1 saturated heterocycles. The Hall–Kier alpha value is -2.17. The number of piperidine rings is 1. The third-order valence-electron chi connectivity index (χ3n) is 4.85. The van der Waals surface area contributed by atoms with Crippen LogP contribution in [0.25, 0.3) is 0 Å². The first-order valence-corrected chi connectivity index (χ1v) is 8.11. The van der Waals surface area contributed by atoms with E-state index < -0.39 is 5.97 Å². The van der Waals surface area contributed by atoms with Crippen LogP contribution in [0.2, 0.25) is 0 Å². The van der Waals surface area contributed by atoms with Gasteiger partial charge < -0.3 is 4.74 Å². The highest BCUT2D eigenvalue weighted by Crippen LogP contribution is 2.46. The summed E-state index contributed by atoms with van der Waals surface area (Å²) in [4.78, 5) is 37.5. The van der Waals surface area contributed by atoms with Crippen LogP contribution in [0, 0.1) is 5.41 Å². The highest BCUT2D eigenvalue weighted by Gasteiger charge is 2.45. The van der Waals surface area contributed by atoms with Gasteiger partial charge in [-0.3, -0.25) is 19.3 Å². The molecule has 3 rings (SSSR count). The lowest BCUT2D eigenvalue weighted by Gasteiger charge is -2.36. The van der Waals surface area contributed by atoms with Crippen LogP contribution in [-0.4, -0.2) is 29.2 Å². The van der Waals surface area contributed by atoms with Gasteiger partial charge in [0.05, 0.1) is 0 Å². The Morgan fingerprint density at radius 2 is 1.65 bits per heavy atom. The van der Waals surface area contributed by atoms with Gasteiger partial charge in [0.15, 0.2) is 0 Å². The summed E-state index contributed by atoms with van der Waals surface area (Å²) in [5.41, 5.74) is 0.737. The fourth-order valence-electron chi connectivity index (χ4n) is 3.60. The van der Waals surface area contributed by atoms with Gasteiger partial charge in [-0.05, 0) is 23.8 Å². The quantitative estimate of drug-likeness (QED) is 0.632. The second kappa shape index (κ2) is 6.52. The molecule has 0 atom stereocenters. The monoisotopic (exact) mass is 315 g/mol. The predicted octanol–water partition coefficient (Wildman–Crippen LogP) is 2.44. The fraction of sp³-hybridized carbons (Fsp3) is 0.500. The van der Waals surface area contributed by atoms with E-state index >= 15 is 0 Å². The highest BCUT2D eigenvalue weighted by molar-refractivity contribution is 6.01. The first-order valence-electron chi connectivity index (χ1n) is 8.11. The third-order valence-corrected chi connectivity index (χ3v) is 4.85. The zero-order valence-corrected chi connectivity index (χ0v) is 13.1. The van der Waals surface area contributed by atoms with Gasteiger partial charge in [-0.2, -0.15) is 0 Å². The van der Waals surface area contributed by atoms with Gasteiger partial charge in [0.2, 0.25) is 11.8 Å². The molecule has 2 fully saturated rings. The second-order valence-corrected chi connectivity index (χ2v) is 6.58. The number of benzene rings is 1. The number of imide groups is 1. The van der Waals surface area contributed by atoms with Crippen molar-refractivity contribution in [2.24, 2.45) is 5.41 Å². The first kappa shape index (κ1) is 15.7. The zero-order valence-electron chi connectivity index (χ0n) is 13.1. The van der Waals surface area contributed by atoms with E-state index in [1.165, 1.54) is 0 Å². The molecular formula is C18H21NO4. The molecule has 0 bridgehead atoms. The minimum absolute atomic E-state index is 0.140. The molecule has 1 heterocycles. The fourth-order valence-corrected chi connectivity index (χ4v) is 3.60. The number of nitrogens with zero attached hydrogens (tertiary/aromatic N) is 1. The Morgan fingerprint density at radius 3 is 2.26 bits per heavy atom. The number of hydrogen-bond donors (Lipinski definition) is 0. The molecule has 1 spiro atoms. The standard InChI is InChI=1S/C18H21NO4/c20-15-10-18(8-4-5-9-18)11-16(21)19(15)12-17(22)23-13-14-6-2-1-3-7-14/h1-3,6-7H,4-5,8-13H2. The lowest BCUT2D eigenvalue weighted by molar-refractivity contribution is -0.161.